The normalized spacial score (nSPS) is 9.96. The largest absolute Gasteiger partial charge is 0.374 e. The van der Waals surface area contributed by atoms with E-state index in [9.17, 15) is 9.18 Å². The Morgan fingerprint density at radius 1 is 1.26 bits per heavy atom. The van der Waals surface area contributed by atoms with Crippen molar-refractivity contribution < 1.29 is 9.18 Å². The van der Waals surface area contributed by atoms with Gasteiger partial charge in [0.25, 0.3) is 0 Å². The number of nitrogens with zero attached hydrogens (tertiary/aromatic N) is 1. The summed E-state index contributed by atoms with van der Waals surface area (Å²) in [6.45, 7) is -0.0597. The summed E-state index contributed by atoms with van der Waals surface area (Å²) >= 11 is 4.52. The summed E-state index contributed by atoms with van der Waals surface area (Å²) < 4.78 is 14.3. The average molecular weight is 394 g/mol. The molecule has 118 valence electrons. The van der Waals surface area contributed by atoms with Crippen molar-refractivity contribution >= 4 is 45.0 Å². The van der Waals surface area contributed by atoms with Crippen molar-refractivity contribution in [1.29, 1.82) is 5.26 Å². The third-order valence-corrected chi connectivity index (χ3v) is 4.26. The molecule has 2 rings (SSSR count). The molecule has 0 atom stereocenters. The fraction of sp³-hybridized carbons (Fsp3) is 0.125. The minimum absolute atomic E-state index is 0.0597. The predicted octanol–water partition coefficient (Wildman–Crippen LogP) is 4.25. The second kappa shape index (κ2) is 8.56. The number of carbonyl (C=O) groups is 1. The van der Waals surface area contributed by atoms with Gasteiger partial charge in [-0.1, -0.05) is 28.1 Å². The maximum Gasteiger partial charge on any atom is 0.243 e. The quantitative estimate of drug-likeness (QED) is 0.719. The van der Waals surface area contributed by atoms with Gasteiger partial charge in [0.1, 0.15) is 5.82 Å². The Hall–Kier alpha value is -2.04. The van der Waals surface area contributed by atoms with Crippen molar-refractivity contribution in [2.45, 2.75) is 4.90 Å². The van der Waals surface area contributed by atoms with Crippen molar-refractivity contribution in [3.63, 3.8) is 0 Å². The number of para-hydroxylation sites is 1. The molecule has 0 aromatic heterocycles. The zero-order chi connectivity index (χ0) is 16.7. The van der Waals surface area contributed by atoms with Crippen LogP contribution in [-0.2, 0) is 4.79 Å². The van der Waals surface area contributed by atoms with Crippen LogP contribution in [0.4, 0.5) is 15.8 Å². The summed E-state index contributed by atoms with van der Waals surface area (Å²) in [5, 5.41) is 14.2. The number of rotatable bonds is 6. The van der Waals surface area contributed by atoms with Gasteiger partial charge < -0.3 is 10.6 Å². The topological polar surface area (TPSA) is 64.9 Å². The van der Waals surface area contributed by atoms with E-state index in [0.717, 1.165) is 4.90 Å². The fourth-order valence-electron chi connectivity index (χ4n) is 1.81. The maximum atomic E-state index is 13.7. The van der Waals surface area contributed by atoms with Crippen LogP contribution in [0.25, 0.3) is 0 Å². The number of carbonyl (C=O) groups excluding carboxylic acids is 1. The summed E-state index contributed by atoms with van der Waals surface area (Å²) in [6, 6.07) is 13.9. The summed E-state index contributed by atoms with van der Waals surface area (Å²) in [6.07, 6.45) is 0. The Kier molecular flexibility index (Phi) is 6.44. The Labute approximate surface area is 146 Å². The Bertz CT molecular complexity index is 748. The molecule has 2 aromatic rings. The third-order valence-electron chi connectivity index (χ3n) is 2.82. The molecule has 4 nitrogen and oxygen atoms in total. The number of hydrogen-bond donors (Lipinski definition) is 2. The highest BCUT2D eigenvalue weighted by molar-refractivity contribution is 9.10. The molecule has 0 saturated carbocycles. The van der Waals surface area contributed by atoms with E-state index in [0.29, 0.717) is 15.9 Å². The molecule has 1 amide bonds. The lowest BCUT2D eigenvalue weighted by Gasteiger charge is -2.11. The first-order valence-corrected chi connectivity index (χ1v) is 8.45. The first-order valence-electron chi connectivity index (χ1n) is 6.67. The zero-order valence-corrected chi connectivity index (χ0v) is 14.4. The summed E-state index contributed by atoms with van der Waals surface area (Å²) in [4.78, 5) is 12.8. The number of benzene rings is 2. The fourth-order valence-corrected chi connectivity index (χ4v) is 2.81. The van der Waals surface area contributed by atoms with Gasteiger partial charge in [0, 0.05) is 9.37 Å². The highest BCUT2D eigenvalue weighted by Gasteiger charge is 2.08. The molecule has 0 saturated heterocycles. The Balaban J connectivity index is 1.96. The van der Waals surface area contributed by atoms with Crippen molar-refractivity contribution in [3.05, 3.63) is 52.8 Å². The van der Waals surface area contributed by atoms with Crippen molar-refractivity contribution in [2.75, 3.05) is 22.9 Å². The van der Waals surface area contributed by atoms with Gasteiger partial charge in [0.15, 0.2) is 0 Å². The second-order valence-electron chi connectivity index (χ2n) is 4.47. The number of nitrogens with one attached hydrogen (secondary N) is 2. The standard InChI is InChI=1S/C16H13BrFN3OS/c17-11-5-6-13(12(18)9-11)20-10-16(22)21-14-3-1-2-4-15(14)23-8-7-19/h1-6,9,20H,8,10H2,(H,21,22). The van der Waals surface area contributed by atoms with Crippen LogP contribution < -0.4 is 10.6 Å². The number of nitriles is 1. The van der Waals surface area contributed by atoms with E-state index in [2.05, 4.69) is 26.6 Å². The highest BCUT2D eigenvalue weighted by atomic mass is 79.9. The van der Waals surface area contributed by atoms with Gasteiger partial charge in [-0.3, -0.25) is 4.79 Å². The number of halogens is 2. The molecule has 0 heterocycles. The van der Waals surface area contributed by atoms with Crippen molar-refractivity contribution in [1.82, 2.24) is 0 Å². The van der Waals surface area contributed by atoms with Crippen molar-refractivity contribution in [2.24, 2.45) is 0 Å². The smallest absolute Gasteiger partial charge is 0.243 e. The molecular formula is C16H13BrFN3OS. The Morgan fingerprint density at radius 3 is 2.78 bits per heavy atom. The van der Waals surface area contributed by atoms with Crippen LogP contribution in [0.2, 0.25) is 0 Å². The van der Waals surface area contributed by atoms with E-state index in [-0.39, 0.29) is 18.1 Å². The van der Waals surface area contributed by atoms with Crippen LogP contribution in [-0.4, -0.2) is 18.2 Å². The van der Waals surface area contributed by atoms with Crippen LogP contribution >= 0.6 is 27.7 Å². The molecule has 7 heteroatoms. The van der Waals surface area contributed by atoms with Crippen LogP contribution in [0.5, 0.6) is 0 Å². The van der Waals surface area contributed by atoms with Gasteiger partial charge in [0.2, 0.25) is 5.91 Å². The molecule has 0 unspecified atom stereocenters. The number of amides is 1. The molecule has 0 bridgehead atoms. The lowest BCUT2D eigenvalue weighted by atomic mass is 10.3. The van der Waals surface area contributed by atoms with Gasteiger partial charge in [0.05, 0.1) is 29.7 Å². The summed E-state index contributed by atoms with van der Waals surface area (Å²) in [5.74, 6) is -0.427. The van der Waals surface area contributed by atoms with Gasteiger partial charge in [-0.05, 0) is 30.3 Å². The summed E-state index contributed by atoms with van der Waals surface area (Å²) in [7, 11) is 0. The van der Waals surface area contributed by atoms with E-state index < -0.39 is 5.82 Å². The third kappa shape index (κ3) is 5.27. The van der Waals surface area contributed by atoms with Gasteiger partial charge in [-0.2, -0.15) is 5.26 Å². The van der Waals surface area contributed by atoms with Crippen LogP contribution in [0.3, 0.4) is 0 Å². The van der Waals surface area contributed by atoms with Crippen molar-refractivity contribution in [3.8, 4) is 6.07 Å². The molecule has 0 radical (unpaired) electrons. The number of hydrogen-bond acceptors (Lipinski definition) is 4. The molecular weight excluding hydrogens is 381 g/mol. The first kappa shape index (κ1) is 17.3. The van der Waals surface area contributed by atoms with Crippen LogP contribution in [0.1, 0.15) is 0 Å². The molecule has 2 aromatic carbocycles. The monoisotopic (exact) mass is 393 g/mol. The predicted molar refractivity (Wildman–Crippen MR) is 94.0 cm³/mol. The van der Waals surface area contributed by atoms with E-state index in [1.807, 2.05) is 18.2 Å². The van der Waals surface area contributed by atoms with E-state index in [1.165, 1.54) is 17.8 Å². The van der Waals surface area contributed by atoms with Crippen LogP contribution in [0.15, 0.2) is 51.8 Å². The van der Waals surface area contributed by atoms with Gasteiger partial charge in [-0.15, -0.1) is 11.8 Å². The molecule has 2 N–H and O–H groups in total. The number of thioether (sulfide) groups is 1. The molecule has 0 aliphatic rings. The highest BCUT2D eigenvalue weighted by Crippen LogP contribution is 2.26. The molecule has 0 aliphatic carbocycles. The number of anilines is 2. The maximum absolute atomic E-state index is 13.7. The Morgan fingerprint density at radius 2 is 2.04 bits per heavy atom. The van der Waals surface area contributed by atoms with E-state index in [1.54, 1.807) is 24.3 Å². The lowest BCUT2D eigenvalue weighted by Crippen LogP contribution is -2.22. The van der Waals surface area contributed by atoms with E-state index in [4.69, 9.17) is 5.26 Å². The van der Waals surface area contributed by atoms with Crippen LogP contribution in [0, 0.1) is 17.1 Å². The molecule has 23 heavy (non-hydrogen) atoms. The zero-order valence-electron chi connectivity index (χ0n) is 12.0. The van der Waals surface area contributed by atoms with Gasteiger partial charge in [-0.25, -0.2) is 4.39 Å². The SMILES string of the molecule is N#CCSc1ccccc1NC(=O)CNc1ccc(Br)cc1F. The van der Waals surface area contributed by atoms with Gasteiger partial charge >= 0.3 is 0 Å². The average Bonchev–Trinajstić information content (AvgIpc) is 2.53. The molecule has 0 spiro atoms. The van der Waals surface area contributed by atoms with E-state index >= 15 is 0 Å². The minimum atomic E-state index is -0.433. The minimum Gasteiger partial charge on any atom is -0.374 e. The first-order chi connectivity index (χ1) is 11.1. The summed E-state index contributed by atoms with van der Waals surface area (Å²) in [5.41, 5.74) is 0.895. The molecule has 0 aliphatic heterocycles. The lowest BCUT2D eigenvalue weighted by molar-refractivity contribution is -0.114. The second-order valence-corrected chi connectivity index (χ2v) is 6.40. The molecule has 0 fully saturated rings.